The number of rotatable bonds is 3. The smallest absolute Gasteiger partial charge is 0.272 e. The first-order chi connectivity index (χ1) is 10.7. The Morgan fingerprint density at radius 3 is 3.14 bits per heavy atom. The fourth-order valence-electron chi connectivity index (χ4n) is 3.07. The standard InChI is InChI=1S/C15H22N4O3/c1-2-5-18-6-8-21-12-15(10-18)11-19(7-9-22-15)14(20)13-3-4-16-17-13/h2-4H,1,5-12H2,(H,16,17)/t15-/m0/s1. The van der Waals surface area contributed by atoms with Gasteiger partial charge in [0.1, 0.15) is 11.3 Å². The van der Waals surface area contributed by atoms with Gasteiger partial charge in [-0.15, -0.1) is 6.58 Å². The summed E-state index contributed by atoms with van der Waals surface area (Å²) in [6.07, 6.45) is 3.47. The number of H-pyrrole nitrogens is 1. The van der Waals surface area contributed by atoms with E-state index in [1.807, 2.05) is 11.0 Å². The van der Waals surface area contributed by atoms with E-state index < -0.39 is 5.60 Å². The highest BCUT2D eigenvalue weighted by Gasteiger charge is 2.41. The molecule has 7 heteroatoms. The first-order valence-corrected chi connectivity index (χ1v) is 7.56. The molecule has 1 spiro atoms. The van der Waals surface area contributed by atoms with Gasteiger partial charge in [0.15, 0.2) is 0 Å². The highest BCUT2D eigenvalue weighted by molar-refractivity contribution is 5.92. The lowest BCUT2D eigenvalue weighted by Gasteiger charge is -2.43. The Morgan fingerprint density at radius 2 is 2.36 bits per heavy atom. The van der Waals surface area contributed by atoms with Crippen molar-refractivity contribution in [2.75, 3.05) is 52.5 Å². The summed E-state index contributed by atoms with van der Waals surface area (Å²) in [6.45, 7) is 9.00. The number of nitrogens with one attached hydrogen (secondary N) is 1. The van der Waals surface area contributed by atoms with Gasteiger partial charge < -0.3 is 14.4 Å². The van der Waals surface area contributed by atoms with E-state index in [-0.39, 0.29) is 5.91 Å². The van der Waals surface area contributed by atoms with E-state index in [1.54, 1.807) is 12.3 Å². The second kappa shape index (κ2) is 6.60. The first kappa shape index (κ1) is 15.2. The number of nitrogens with zero attached hydrogens (tertiary/aromatic N) is 3. The van der Waals surface area contributed by atoms with Gasteiger partial charge in [-0.2, -0.15) is 5.10 Å². The molecule has 120 valence electrons. The third kappa shape index (κ3) is 3.21. The van der Waals surface area contributed by atoms with E-state index in [1.165, 1.54) is 0 Å². The van der Waals surface area contributed by atoms with Gasteiger partial charge in [-0.3, -0.25) is 14.8 Å². The average Bonchev–Trinajstić information content (AvgIpc) is 2.99. The molecule has 3 rings (SSSR count). The summed E-state index contributed by atoms with van der Waals surface area (Å²) in [4.78, 5) is 16.6. The van der Waals surface area contributed by atoms with Crippen LogP contribution in [0.2, 0.25) is 0 Å². The van der Waals surface area contributed by atoms with E-state index in [2.05, 4.69) is 21.7 Å². The van der Waals surface area contributed by atoms with Crippen LogP contribution in [0.1, 0.15) is 10.5 Å². The maximum atomic E-state index is 12.5. The quantitative estimate of drug-likeness (QED) is 0.804. The van der Waals surface area contributed by atoms with Gasteiger partial charge in [-0.05, 0) is 6.07 Å². The van der Waals surface area contributed by atoms with Crippen LogP contribution in [0.4, 0.5) is 0 Å². The van der Waals surface area contributed by atoms with Crippen LogP contribution in [-0.2, 0) is 9.47 Å². The Hall–Kier alpha value is -1.70. The Labute approximate surface area is 129 Å². The molecular formula is C15H22N4O3. The Kier molecular flexibility index (Phi) is 4.56. The van der Waals surface area contributed by atoms with Gasteiger partial charge in [0.2, 0.25) is 0 Å². The lowest BCUT2D eigenvalue weighted by atomic mass is 10.0. The number of aromatic amines is 1. The van der Waals surface area contributed by atoms with Gasteiger partial charge in [-0.25, -0.2) is 0 Å². The maximum absolute atomic E-state index is 12.5. The molecule has 0 aliphatic carbocycles. The van der Waals surface area contributed by atoms with E-state index in [0.29, 0.717) is 38.6 Å². The van der Waals surface area contributed by atoms with Crippen LogP contribution in [0.3, 0.4) is 0 Å². The molecule has 1 aromatic rings. The summed E-state index contributed by atoms with van der Waals surface area (Å²) in [5, 5.41) is 6.58. The molecule has 1 amide bonds. The molecule has 0 bridgehead atoms. The zero-order valence-electron chi connectivity index (χ0n) is 12.7. The van der Waals surface area contributed by atoms with Crippen LogP contribution in [0.15, 0.2) is 24.9 Å². The fraction of sp³-hybridized carbons (Fsp3) is 0.600. The van der Waals surface area contributed by atoms with Gasteiger partial charge >= 0.3 is 0 Å². The predicted octanol–water partition coefficient (Wildman–Crippen LogP) is 0.139. The molecule has 2 saturated heterocycles. The molecule has 1 N–H and O–H groups in total. The Balaban J connectivity index is 1.72. The van der Waals surface area contributed by atoms with Gasteiger partial charge in [-0.1, -0.05) is 6.08 Å². The van der Waals surface area contributed by atoms with Crippen molar-refractivity contribution >= 4 is 5.91 Å². The van der Waals surface area contributed by atoms with Crippen LogP contribution >= 0.6 is 0 Å². The molecule has 0 saturated carbocycles. The SMILES string of the molecule is C=CCN1CCOC[C@]2(C1)CN(C(=O)c1ccn[nH]1)CCO2. The van der Waals surface area contributed by atoms with E-state index in [9.17, 15) is 4.79 Å². The van der Waals surface area contributed by atoms with Crippen molar-refractivity contribution in [2.24, 2.45) is 0 Å². The second-order valence-electron chi connectivity index (χ2n) is 5.80. The van der Waals surface area contributed by atoms with Crippen LogP contribution in [0, 0.1) is 0 Å². The molecule has 7 nitrogen and oxygen atoms in total. The predicted molar refractivity (Wildman–Crippen MR) is 80.6 cm³/mol. The number of amides is 1. The van der Waals surface area contributed by atoms with Crippen molar-refractivity contribution in [2.45, 2.75) is 5.60 Å². The van der Waals surface area contributed by atoms with Crippen LogP contribution in [0.5, 0.6) is 0 Å². The summed E-state index contributed by atoms with van der Waals surface area (Å²) < 4.78 is 11.8. The number of hydrogen-bond acceptors (Lipinski definition) is 5. The monoisotopic (exact) mass is 306 g/mol. The number of carbonyl (C=O) groups excluding carboxylic acids is 1. The van der Waals surface area contributed by atoms with Gasteiger partial charge in [0.05, 0.1) is 26.4 Å². The lowest BCUT2D eigenvalue weighted by molar-refractivity contribution is -0.132. The maximum Gasteiger partial charge on any atom is 0.272 e. The Morgan fingerprint density at radius 1 is 1.45 bits per heavy atom. The highest BCUT2D eigenvalue weighted by Crippen LogP contribution is 2.23. The van der Waals surface area contributed by atoms with Crippen molar-refractivity contribution in [1.82, 2.24) is 20.0 Å². The number of morpholine rings is 1. The van der Waals surface area contributed by atoms with Crippen LogP contribution < -0.4 is 0 Å². The minimum Gasteiger partial charge on any atom is -0.377 e. The zero-order chi connectivity index (χ0) is 15.4. The molecule has 0 unspecified atom stereocenters. The van der Waals surface area contributed by atoms with Crippen molar-refractivity contribution in [3.8, 4) is 0 Å². The highest BCUT2D eigenvalue weighted by atomic mass is 16.5. The van der Waals surface area contributed by atoms with E-state index in [0.717, 1.165) is 19.6 Å². The molecule has 3 heterocycles. The van der Waals surface area contributed by atoms with Gasteiger partial charge in [0.25, 0.3) is 5.91 Å². The van der Waals surface area contributed by atoms with Gasteiger partial charge in [0, 0.05) is 32.4 Å². The molecule has 2 aliphatic rings. The lowest BCUT2D eigenvalue weighted by Crippen LogP contribution is -2.59. The number of hydrogen-bond donors (Lipinski definition) is 1. The van der Waals surface area contributed by atoms with Crippen LogP contribution in [0.25, 0.3) is 0 Å². The average molecular weight is 306 g/mol. The summed E-state index contributed by atoms with van der Waals surface area (Å²) in [5.74, 6) is -0.0420. The molecule has 2 fully saturated rings. The summed E-state index contributed by atoms with van der Waals surface area (Å²) in [5.41, 5.74) is 0.0440. The van der Waals surface area contributed by atoms with Crippen molar-refractivity contribution in [3.63, 3.8) is 0 Å². The Bertz CT molecular complexity index is 519. The molecule has 1 atom stereocenters. The van der Waals surface area contributed by atoms with Crippen molar-refractivity contribution < 1.29 is 14.3 Å². The third-order valence-corrected chi connectivity index (χ3v) is 4.08. The number of carbonyl (C=O) groups is 1. The van der Waals surface area contributed by atoms with Crippen LogP contribution in [-0.4, -0.2) is 84.0 Å². The van der Waals surface area contributed by atoms with E-state index in [4.69, 9.17) is 9.47 Å². The topological polar surface area (TPSA) is 70.7 Å². The molecular weight excluding hydrogens is 284 g/mol. The molecule has 0 radical (unpaired) electrons. The van der Waals surface area contributed by atoms with E-state index >= 15 is 0 Å². The summed E-state index contributed by atoms with van der Waals surface area (Å²) >= 11 is 0. The minimum absolute atomic E-state index is 0.0420. The number of aromatic nitrogens is 2. The zero-order valence-corrected chi connectivity index (χ0v) is 12.7. The molecule has 0 aromatic carbocycles. The second-order valence-corrected chi connectivity index (χ2v) is 5.80. The molecule has 22 heavy (non-hydrogen) atoms. The van der Waals surface area contributed by atoms with Crippen molar-refractivity contribution in [1.29, 1.82) is 0 Å². The molecule has 1 aromatic heterocycles. The minimum atomic E-state index is -0.465. The third-order valence-electron chi connectivity index (χ3n) is 4.08. The number of ether oxygens (including phenoxy) is 2. The van der Waals surface area contributed by atoms with Crippen molar-refractivity contribution in [3.05, 3.63) is 30.6 Å². The molecule has 2 aliphatic heterocycles. The fourth-order valence-corrected chi connectivity index (χ4v) is 3.07. The summed E-state index contributed by atoms with van der Waals surface area (Å²) in [7, 11) is 0. The first-order valence-electron chi connectivity index (χ1n) is 7.56. The summed E-state index contributed by atoms with van der Waals surface area (Å²) in [6, 6.07) is 1.69. The normalized spacial score (nSPS) is 26.8. The largest absolute Gasteiger partial charge is 0.377 e.